The van der Waals surface area contributed by atoms with Crippen LogP contribution < -0.4 is 10.6 Å². The van der Waals surface area contributed by atoms with E-state index in [0.29, 0.717) is 11.5 Å². The quantitative estimate of drug-likeness (QED) is 0.839. The molecular formula is C11H12N4O2. The molecule has 0 aliphatic heterocycles. The molecule has 0 spiro atoms. The van der Waals surface area contributed by atoms with Crippen molar-refractivity contribution < 1.29 is 9.32 Å². The Kier molecular flexibility index (Phi) is 3.34. The fourth-order valence-electron chi connectivity index (χ4n) is 1.33. The molecule has 0 unspecified atom stereocenters. The minimum Gasteiger partial charge on any atom is -0.385 e. The molecule has 2 aromatic rings. The van der Waals surface area contributed by atoms with Crippen LogP contribution in [0.1, 0.15) is 17.4 Å². The molecule has 0 atom stereocenters. The molecule has 1 amide bonds. The van der Waals surface area contributed by atoms with Gasteiger partial charge in [-0.05, 0) is 19.1 Å². The second kappa shape index (κ2) is 5.11. The Morgan fingerprint density at radius 3 is 3.06 bits per heavy atom. The maximum absolute atomic E-state index is 11.8. The van der Waals surface area contributed by atoms with Gasteiger partial charge in [-0.2, -0.15) is 0 Å². The second-order valence-corrected chi connectivity index (χ2v) is 3.30. The van der Waals surface area contributed by atoms with Crippen LogP contribution in [0.3, 0.4) is 0 Å². The summed E-state index contributed by atoms with van der Waals surface area (Å²) < 4.78 is 4.62. The Morgan fingerprint density at radius 1 is 1.47 bits per heavy atom. The molecule has 6 heteroatoms. The van der Waals surface area contributed by atoms with Crippen molar-refractivity contribution in [2.45, 2.75) is 6.92 Å². The van der Waals surface area contributed by atoms with E-state index in [-0.39, 0.29) is 5.91 Å². The highest BCUT2D eigenvalue weighted by atomic mass is 16.5. The summed E-state index contributed by atoms with van der Waals surface area (Å²) in [6.07, 6.45) is 2.97. The zero-order valence-corrected chi connectivity index (χ0v) is 9.30. The summed E-state index contributed by atoms with van der Waals surface area (Å²) in [7, 11) is 0. The van der Waals surface area contributed by atoms with Crippen molar-refractivity contribution in [3.8, 4) is 0 Å². The van der Waals surface area contributed by atoms with Gasteiger partial charge in [0.1, 0.15) is 12.0 Å². The highest BCUT2D eigenvalue weighted by Gasteiger charge is 2.09. The zero-order chi connectivity index (χ0) is 12.1. The molecule has 0 aliphatic rings. The third-order valence-corrected chi connectivity index (χ3v) is 2.05. The van der Waals surface area contributed by atoms with Crippen molar-refractivity contribution >= 4 is 17.4 Å². The summed E-state index contributed by atoms with van der Waals surface area (Å²) >= 11 is 0. The summed E-state index contributed by atoms with van der Waals surface area (Å²) in [4.78, 5) is 15.8. The maximum Gasteiger partial charge on any atom is 0.275 e. The van der Waals surface area contributed by atoms with Crippen molar-refractivity contribution in [1.82, 2.24) is 10.1 Å². The van der Waals surface area contributed by atoms with Gasteiger partial charge in [-0.3, -0.25) is 9.78 Å². The normalized spacial score (nSPS) is 9.94. The van der Waals surface area contributed by atoms with Gasteiger partial charge in [-0.25, -0.2) is 0 Å². The summed E-state index contributed by atoms with van der Waals surface area (Å²) in [5.74, 6) is 0.0457. The number of nitrogens with one attached hydrogen (secondary N) is 2. The van der Waals surface area contributed by atoms with Crippen molar-refractivity contribution in [2.75, 3.05) is 17.2 Å². The van der Waals surface area contributed by atoms with E-state index in [1.54, 1.807) is 24.4 Å². The van der Waals surface area contributed by atoms with E-state index in [4.69, 9.17) is 0 Å². The summed E-state index contributed by atoms with van der Waals surface area (Å²) in [6.45, 7) is 2.77. The van der Waals surface area contributed by atoms with Gasteiger partial charge in [-0.1, -0.05) is 5.16 Å². The largest absolute Gasteiger partial charge is 0.385 e. The lowest BCUT2D eigenvalue weighted by atomic mass is 10.3. The summed E-state index contributed by atoms with van der Waals surface area (Å²) in [6, 6.07) is 5.04. The first-order valence-corrected chi connectivity index (χ1v) is 5.21. The molecule has 0 saturated carbocycles. The molecule has 17 heavy (non-hydrogen) atoms. The van der Waals surface area contributed by atoms with E-state index in [0.717, 1.165) is 12.2 Å². The number of carbonyl (C=O) groups is 1. The molecule has 2 rings (SSSR count). The average molecular weight is 232 g/mol. The lowest BCUT2D eigenvalue weighted by Crippen LogP contribution is -2.14. The number of carbonyl (C=O) groups excluding carboxylic acids is 1. The van der Waals surface area contributed by atoms with Crippen molar-refractivity contribution in [1.29, 1.82) is 0 Å². The standard InChI is InChI=1S/C11H12N4O2/c1-2-12-8-3-5-13-9(7-8)11(16)14-10-4-6-17-15-10/h3-7H,2H2,1H3,(H,12,13)(H,14,15,16). The van der Waals surface area contributed by atoms with E-state index in [2.05, 4.69) is 25.3 Å². The predicted molar refractivity (Wildman–Crippen MR) is 62.9 cm³/mol. The van der Waals surface area contributed by atoms with Gasteiger partial charge < -0.3 is 15.2 Å². The third kappa shape index (κ3) is 2.81. The van der Waals surface area contributed by atoms with E-state index in [9.17, 15) is 4.79 Å². The minimum atomic E-state index is -0.321. The number of aromatic nitrogens is 2. The van der Waals surface area contributed by atoms with Gasteiger partial charge in [0.2, 0.25) is 0 Å². The first kappa shape index (κ1) is 11.1. The van der Waals surface area contributed by atoms with Gasteiger partial charge in [0.15, 0.2) is 5.82 Å². The van der Waals surface area contributed by atoms with Crippen LogP contribution in [0.2, 0.25) is 0 Å². The number of nitrogens with zero attached hydrogens (tertiary/aromatic N) is 2. The average Bonchev–Trinajstić information content (AvgIpc) is 2.83. The minimum absolute atomic E-state index is 0.321. The fraction of sp³-hybridized carbons (Fsp3) is 0.182. The smallest absolute Gasteiger partial charge is 0.275 e. The fourth-order valence-corrected chi connectivity index (χ4v) is 1.33. The second-order valence-electron chi connectivity index (χ2n) is 3.30. The molecule has 2 heterocycles. The highest BCUT2D eigenvalue weighted by Crippen LogP contribution is 2.09. The summed E-state index contributed by atoms with van der Waals surface area (Å²) in [5.41, 5.74) is 1.18. The summed E-state index contributed by atoms with van der Waals surface area (Å²) in [5, 5.41) is 9.27. The molecule has 6 nitrogen and oxygen atoms in total. The van der Waals surface area contributed by atoms with Crippen molar-refractivity contribution in [3.05, 3.63) is 36.4 Å². The lowest BCUT2D eigenvalue weighted by molar-refractivity contribution is 0.102. The van der Waals surface area contributed by atoms with Crippen LogP contribution >= 0.6 is 0 Å². The molecule has 88 valence electrons. The zero-order valence-electron chi connectivity index (χ0n) is 9.30. The van der Waals surface area contributed by atoms with E-state index < -0.39 is 0 Å². The number of hydrogen-bond donors (Lipinski definition) is 2. The first-order valence-electron chi connectivity index (χ1n) is 5.21. The van der Waals surface area contributed by atoms with Crippen LogP contribution in [0.15, 0.2) is 35.2 Å². The number of pyridine rings is 1. The van der Waals surface area contributed by atoms with Gasteiger partial charge in [0, 0.05) is 24.5 Å². The van der Waals surface area contributed by atoms with Crippen molar-refractivity contribution in [3.63, 3.8) is 0 Å². The Bertz CT molecular complexity index is 496. The Labute approximate surface area is 98.0 Å². The molecular weight excluding hydrogens is 220 g/mol. The Morgan fingerprint density at radius 2 is 2.35 bits per heavy atom. The molecule has 0 saturated heterocycles. The molecule has 2 aromatic heterocycles. The molecule has 2 N–H and O–H groups in total. The van der Waals surface area contributed by atoms with Crippen LogP contribution in [0.5, 0.6) is 0 Å². The van der Waals surface area contributed by atoms with Gasteiger partial charge in [0.25, 0.3) is 5.91 Å². The van der Waals surface area contributed by atoms with E-state index in [1.165, 1.54) is 6.26 Å². The van der Waals surface area contributed by atoms with Crippen molar-refractivity contribution in [2.24, 2.45) is 0 Å². The van der Waals surface area contributed by atoms with Crippen LogP contribution in [-0.2, 0) is 0 Å². The van der Waals surface area contributed by atoms with Gasteiger partial charge >= 0.3 is 0 Å². The van der Waals surface area contributed by atoms with Crippen LogP contribution in [0, 0.1) is 0 Å². The number of hydrogen-bond acceptors (Lipinski definition) is 5. The van der Waals surface area contributed by atoms with E-state index in [1.807, 2.05) is 6.92 Å². The maximum atomic E-state index is 11.8. The first-order chi connectivity index (χ1) is 8.29. The van der Waals surface area contributed by atoms with Gasteiger partial charge in [0.05, 0.1) is 0 Å². The molecule has 0 fully saturated rings. The number of amides is 1. The molecule has 0 bridgehead atoms. The van der Waals surface area contributed by atoms with Crippen LogP contribution in [0.4, 0.5) is 11.5 Å². The Hall–Kier alpha value is -2.37. The third-order valence-electron chi connectivity index (χ3n) is 2.05. The highest BCUT2D eigenvalue weighted by molar-refractivity contribution is 6.02. The van der Waals surface area contributed by atoms with Gasteiger partial charge in [-0.15, -0.1) is 0 Å². The topological polar surface area (TPSA) is 80.0 Å². The molecule has 0 radical (unpaired) electrons. The Balaban J connectivity index is 2.11. The van der Waals surface area contributed by atoms with Crippen LogP contribution in [0.25, 0.3) is 0 Å². The molecule has 0 aliphatic carbocycles. The van der Waals surface area contributed by atoms with E-state index >= 15 is 0 Å². The SMILES string of the molecule is CCNc1ccnc(C(=O)Nc2ccon2)c1. The number of anilines is 2. The predicted octanol–water partition coefficient (Wildman–Crippen LogP) is 1.75. The monoisotopic (exact) mass is 232 g/mol. The number of rotatable bonds is 4. The van der Waals surface area contributed by atoms with Crippen LogP contribution in [-0.4, -0.2) is 22.6 Å². The lowest BCUT2D eigenvalue weighted by Gasteiger charge is -2.05. The molecule has 0 aromatic carbocycles.